The molecule has 1 aromatic heterocycles. The molecule has 2 rings (SSSR count). The van der Waals surface area contributed by atoms with E-state index in [0.717, 1.165) is 37.7 Å². The lowest BCUT2D eigenvalue weighted by molar-refractivity contribution is 0.108. The van der Waals surface area contributed by atoms with Gasteiger partial charge in [0, 0.05) is 26.8 Å². The molecule has 0 aliphatic heterocycles. The van der Waals surface area contributed by atoms with Gasteiger partial charge in [0.2, 0.25) is 0 Å². The van der Waals surface area contributed by atoms with E-state index in [-0.39, 0.29) is 0 Å². The van der Waals surface area contributed by atoms with Crippen LogP contribution in [0.3, 0.4) is 0 Å². The summed E-state index contributed by atoms with van der Waals surface area (Å²) >= 11 is 6.09. The second-order valence-electron chi connectivity index (χ2n) is 5.65. The molecular formula is C15H25ClN4O. The summed E-state index contributed by atoms with van der Waals surface area (Å²) in [6.07, 6.45) is 7.70. The Morgan fingerprint density at radius 1 is 1.33 bits per heavy atom. The number of rotatable bonds is 8. The van der Waals surface area contributed by atoms with Gasteiger partial charge < -0.3 is 15.4 Å². The Labute approximate surface area is 131 Å². The lowest BCUT2D eigenvalue weighted by Crippen LogP contribution is -2.29. The van der Waals surface area contributed by atoms with Crippen LogP contribution in [0.1, 0.15) is 39.0 Å². The van der Waals surface area contributed by atoms with Gasteiger partial charge in [-0.25, -0.2) is 9.97 Å². The standard InChI is InChI=1S/C15H25ClN4O/c1-3-21-9-8-15(6-4-5-7-15)10-18-14-12(17-2)13(16)19-11-20-14/h11,17H,3-10H2,1-2H3,(H,18,19,20). The van der Waals surface area contributed by atoms with Crippen molar-refractivity contribution in [1.82, 2.24) is 9.97 Å². The van der Waals surface area contributed by atoms with Crippen molar-refractivity contribution in [2.45, 2.75) is 39.0 Å². The Balaban J connectivity index is 2.00. The molecule has 2 N–H and O–H groups in total. The van der Waals surface area contributed by atoms with Crippen LogP contribution < -0.4 is 10.6 Å². The number of hydrogen-bond donors (Lipinski definition) is 2. The second kappa shape index (κ2) is 7.80. The third-order valence-electron chi connectivity index (χ3n) is 4.33. The van der Waals surface area contributed by atoms with Crippen LogP contribution in [0.2, 0.25) is 5.15 Å². The van der Waals surface area contributed by atoms with E-state index in [2.05, 4.69) is 20.6 Å². The Morgan fingerprint density at radius 2 is 2.10 bits per heavy atom. The number of aromatic nitrogens is 2. The molecule has 1 aromatic rings. The predicted octanol–water partition coefficient (Wildman–Crippen LogP) is 3.57. The fourth-order valence-electron chi connectivity index (χ4n) is 3.06. The van der Waals surface area contributed by atoms with E-state index < -0.39 is 0 Å². The number of hydrogen-bond acceptors (Lipinski definition) is 5. The highest BCUT2D eigenvalue weighted by Crippen LogP contribution is 2.41. The molecule has 1 aliphatic rings. The van der Waals surface area contributed by atoms with E-state index in [9.17, 15) is 0 Å². The van der Waals surface area contributed by atoms with Crippen molar-refractivity contribution in [2.24, 2.45) is 5.41 Å². The molecule has 21 heavy (non-hydrogen) atoms. The lowest BCUT2D eigenvalue weighted by Gasteiger charge is -2.29. The molecule has 6 heteroatoms. The topological polar surface area (TPSA) is 59.1 Å². The highest BCUT2D eigenvalue weighted by atomic mass is 35.5. The quantitative estimate of drug-likeness (QED) is 0.567. The summed E-state index contributed by atoms with van der Waals surface area (Å²) in [5.74, 6) is 0.778. The van der Waals surface area contributed by atoms with Crippen LogP contribution in [0.5, 0.6) is 0 Å². The SMILES string of the molecule is CCOCCC1(CNc2ncnc(Cl)c2NC)CCCC1. The largest absolute Gasteiger partial charge is 0.383 e. The smallest absolute Gasteiger partial charge is 0.157 e. The van der Waals surface area contributed by atoms with Crippen LogP contribution in [-0.4, -0.2) is 36.8 Å². The zero-order chi connectivity index (χ0) is 15.1. The fourth-order valence-corrected chi connectivity index (χ4v) is 3.29. The molecule has 0 bridgehead atoms. The molecular weight excluding hydrogens is 288 g/mol. The minimum absolute atomic E-state index is 0.317. The molecule has 1 fully saturated rings. The third-order valence-corrected chi connectivity index (χ3v) is 4.61. The monoisotopic (exact) mass is 312 g/mol. The minimum Gasteiger partial charge on any atom is -0.383 e. The van der Waals surface area contributed by atoms with Crippen molar-refractivity contribution in [1.29, 1.82) is 0 Å². The maximum atomic E-state index is 6.09. The fraction of sp³-hybridized carbons (Fsp3) is 0.733. The molecule has 0 atom stereocenters. The zero-order valence-corrected chi connectivity index (χ0v) is 13.7. The molecule has 5 nitrogen and oxygen atoms in total. The first-order chi connectivity index (χ1) is 10.2. The maximum absolute atomic E-state index is 6.09. The first-order valence-electron chi connectivity index (χ1n) is 7.70. The van der Waals surface area contributed by atoms with Crippen LogP contribution in [0.15, 0.2) is 6.33 Å². The number of anilines is 2. The van der Waals surface area contributed by atoms with Gasteiger partial charge in [-0.2, -0.15) is 0 Å². The van der Waals surface area contributed by atoms with Gasteiger partial charge >= 0.3 is 0 Å². The Kier molecular flexibility index (Phi) is 6.06. The highest BCUT2D eigenvalue weighted by Gasteiger charge is 2.33. The maximum Gasteiger partial charge on any atom is 0.157 e. The van der Waals surface area contributed by atoms with Gasteiger partial charge in [-0.05, 0) is 31.6 Å². The molecule has 0 saturated heterocycles. The average Bonchev–Trinajstić information content (AvgIpc) is 2.95. The van der Waals surface area contributed by atoms with E-state index in [1.807, 2.05) is 14.0 Å². The van der Waals surface area contributed by atoms with Gasteiger partial charge in [0.15, 0.2) is 11.0 Å². The third kappa shape index (κ3) is 4.20. The van der Waals surface area contributed by atoms with Gasteiger partial charge in [-0.1, -0.05) is 24.4 Å². The molecule has 1 saturated carbocycles. The van der Waals surface area contributed by atoms with E-state index in [0.29, 0.717) is 10.6 Å². The van der Waals surface area contributed by atoms with Crippen molar-refractivity contribution < 1.29 is 4.74 Å². The summed E-state index contributed by atoms with van der Waals surface area (Å²) in [5, 5.41) is 6.97. The van der Waals surface area contributed by atoms with Crippen LogP contribution in [0.4, 0.5) is 11.5 Å². The summed E-state index contributed by atoms with van der Waals surface area (Å²) in [4.78, 5) is 8.30. The second-order valence-corrected chi connectivity index (χ2v) is 6.00. The Morgan fingerprint density at radius 3 is 2.76 bits per heavy atom. The number of nitrogens with zero attached hydrogens (tertiary/aromatic N) is 2. The molecule has 0 amide bonds. The summed E-state index contributed by atoms with van der Waals surface area (Å²) in [5.41, 5.74) is 1.08. The molecule has 0 spiro atoms. The molecule has 118 valence electrons. The summed E-state index contributed by atoms with van der Waals surface area (Å²) in [7, 11) is 1.83. The average molecular weight is 313 g/mol. The predicted molar refractivity (Wildman–Crippen MR) is 87.1 cm³/mol. The molecule has 1 heterocycles. The number of nitrogens with one attached hydrogen (secondary N) is 2. The van der Waals surface area contributed by atoms with E-state index in [4.69, 9.17) is 16.3 Å². The van der Waals surface area contributed by atoms with Crippen molar-refractivity contribution in [3.8, 4) is 0 Å². The Hall–Kier alpha value is -1.07. The van der Waals surface area contributed by atoms with E-state index >= 15 is 0 Å². The molecule has 0 unspecified atom stereocenters. The normalized spacial score (nSPS) is 16.9. The van der Waals surface area contributed by atoms with Crippen LogP contribution in [-0.2, 0) is 4.74 Å². The van der Waals surface area contributed by atoms with E-state index in [1.165, 1.54) is 32.0 Å². The van der Waals surface area contributed by atoms with Crippen molar-refractivity contribution in [3.63, 3.8) is 0 Å². The van der Waals surface area contributed by atoms with E-state index in [1.54, 1.807) is 0 Å². The van der Waals surface area contributed by atoms with Crippen molar-refractivity contribution in [2.75, 3.05) is 37.4 Å². The zero-order valence-electron chi connectivity index (χ0n) is 12.9. The van der Waals surface area contributed by atoms with Crippen LogP contribution in [0.25, 0.3) is 0 Å². The van der Waals surface area contributed by atoms with Gasteiger partial charge in [-0.3, -0.25) is 0 Å². The summed E-state index contributed by atoms with van der Waals surface area (Å²) < 4.78 is 5.55. The first kappa shape index (κ1) is 16.3. The summed E-state index contributed by atoms with van der Waals surface area (Å²) in [6.45, 7) is 4.57. The first-order valence-corrected chi connectivity index (χ1v) is 8.08. The van der Waals surface area contributed by atoms with Crippen LogP contribution in [0, 0.1) is 5.41 Å². The summed E-state index contributed by atoms with van der Waals surface area (Å²) in [6, 6.07) is 0. The minimum atomic E-state index is 0.317. The molecule has 0 radical (unpaired) electrons. The van der Waals surface area contributed by atoms with Gasteiger partial charge in [0.25, 0.3) is 0 Å². The highest BCUT2D eigenvalue weighted by molar-refractivity contribution is 6.32. The molecule has 1 aliphatic carbocycles. The van der Waals surface area contributed by atoms with Crippen molar-refractivity contribution in [3.05, 3.63) is 11.5 Å². The number of ether oxygens (including phenoxy) is 1. The van der Waals surface area contributed by atoms with Gasteiger partial charge in [-0.15, -0.1) is 0 Å². The van der Waals surface area contributed by atoms with Gasteiger partial charge in [0.1, 0.15) is 12.0 Å². The Bertz CT molecular complexity index is 449. The number of halogens is 1. The van der Waals surface area contributed by atoms with Gasteiger partial charge in [0.05, 0.1) is 0 Å². The van der Waals surface area contributed by atoms with Crippen LogP contribution >= 0.6 is 11.6 Å². The molecule has 0 aromatic carbocycles. The lowest BCUT2D eigenvalue weighted by atomic mass is 9.83. The van der Waals surface area contributed by atoms with Crippen molar-refractivity contribution >= 4 is 23.1 Å².